The Balaban J connectivity index is 1.94. The van der Waals surface area contributed by atoms with Crippen LogP contribution in [0, 0.1) is 0 Å². The van der Waals surface area contributed by atoms with E-state index >= 15 is 0 Å². The van der Waals surface area contributed by atoms with E-state index < -0.39 is 0 Å². The number of benzene rings is 1. The maximum absolute atomic E-state index is 11.7. The standard InChI is InChI=1S/C14H17BrN4O/c1-19-14(20)13(15)12(9-18-19)17-8-7-11(16)10-5-3-2-4-6-10/h2-6,9,11,17H,7-8,16H2,1H3. The number of nitrogens with zero attached hydrogens (tertiary/aromatic N) is 2. The molecule has 1 aromatic heterocycles. The Bertz CT molecular complexity index is 627. The van der Waals surface area contributed by atoms with Gasteiger partial charge in [-0.25, -0.2) is 4.68 Å². The highest BCUT2D eigenvalue weighted by Gasteiger charge is 2.08. The van der Waals surface area contributed by atoms with Crippen LogP contribution in [0.5, 0.6) is 0 Å². The normalized spacial score (nSPS) is 12.2. The van der Waals surface area contributed by atoms with E-state index in [1.165, 1.54) is 4.68 Å². The van der Waals surface area contributed by atoms with Crippen molar-refractivity contribution in [2.45, 2.75) is 12.5 Å². The maximum atomic E-state index is 11.7. The van der Waals surface area contributed by atoms with E-state index in [-0.39, 0.29) is 11.6 Å². The molecule has 1 heterocycles. The maximum Gasteiger partial charge on any atom is 0.282 e. The van der Waals surface area contributed by atoms with Crippen LogP contribution in [0.25, 0.3) is 0 Å². The fourth-order valence-electron chi connectivity index (χ4n) is 1.86. The smallest absolute Gasteiger partial charge is 0.282 e. The molecule has 0 amide bonds. The highest BCUT2D eigenvalue weighted by Crippen LogP contribution is 2.17. The highest BCUT2D eigenvalue weighted by molar-refractivity contribution is 9.10. The first-order valence-corrected chi connectivity index (χ1v) is 7.15. The van der Waals surface area contributed by atoms with Crippen molar-refractivity contribution in [3.05, 3.63) is 56.9 Å². The Labute approximate surface area is 125 Å². The SMILES string of the molecule is Cn1ncc(NCCC(N)c2ccccc2)c(Br)c1=O. The van der Waals surface area contributed by atoms with Crippen LogP contribution in [0.15, 0.2) is 45.8 Å². The molecule has 2 aromatic rings. The monoisotopic (exact) mass is 336 g/mol. The van der Waals surface area contributed by atoms with Gasteiger partial charge in [0.1, 0.15) is 4.47 Å². The molecule has 0 bridgehead atoms. The Morgan fingerprint density at radius 3 is 2.80 bits per heavy atom. The summed E-state index contributed by atoms with van der Waals surface area (Å²) in [6.45, 7) is 0.670. The highest BCUT2D eigenvalue weighted by atomic mass is 79.9. The average Bonchev–Trinajstić information content (AvgIpc) is 2.48. The minimum atomic E-state index is -0.164. The molecule has 1 unspecified atom stereocenters. The van der Waals surface area contributed by atoms with Crippen LogP contribution in [0.4, 0.5) is 5.69 Å². The summed E-state index contributed by atoms with van der Waals surface area (Å²) >= 11 is 3.28. The van der Waals surface area contributed by atoms with Crippen LogP contribution in [0.2, 0.25) is 0 Å². The first-order valence-electron chi connectivity index (χ1n) is 6.36. The average molecular weight is 337 g/mol. The number of hydrogen-bond acceptors (Lipinski definition) is 4. The van der Waals surface area contributed by atoms with Gasteiger partial charge in [0.05, 0.1) is 11.9 Å². The summed E-state index contributed by atoms with van der Waals surface area (Å²) in [7, 11) is 1.61. The molecule has 0 fully saturated rings. The van der Waals surface area contributed by atoms with Gasteiger partial charge in [-0.1, -0.05) is 30.3 Å². The largest absolute Gasteiger partial charge is 0.383 e. The van der Waals surface area contributed by atoms with E-state index in [1.807, 2.05) is 30.3 Å². The van der Waals surface area contributed by atoms with Gasteiger partial charge in [-0.3, -0.25) is 4.79 Å². The predicted molar refractivity (Wildman–Crippen MR) is 83.7 cm³/mol. The van der Waals surface area contributed by atoms with Gasteiger partial charge in [0.2, 0.25) is 0 Å². The molecule has 1 aromatic carbocycles. The van der Waals surface area contributed by atoms with E-state index in [9.17, 15) is 4.79 Å². The zero-order valence-corrected chi connectivity index (χ0v) is 12.8. The second-order valence-electron chi connectivity index (χ2n) is 4.53. The zero-order chi connectivity index (χ0) is 14.5. The van der Waals surface area contributed by atoms with Crippen molar-refractivity contribution < 1.29 is 0 Å². The van der Waals surface area contributed by atoms with Gasteiger partial charge in [0, 0.05) is 19.6 Å². The lowest BCUT2D eigenvalue weighted by Crippen LogP contribution is -2.22. The second-order valence-corrected chi connectivity index (χ2v) is 5.33. The number of anilines is 1. The van der Waals surface area contributed by atoms with Crippen LogP contribution in [-0.2, 0) is 7.05 Å². The second kappa shape index (κ2) is 6.67. The third-order valence-electron chi connectivity index (χ3n) is 3.08. The first kappa shape index (κ1) is 14.7. The molecule has 5 nitrogen and oxygen atoms in total. The molecule has 1 atom stereocenters. The zero-order valence-electron chi connectivity index (χ0n) is 11.2. The van der Waals surface area contributed by atoms with Crippen molar-refractivity contribution in [3.63, 3.8) is 0 Å². The summed E-state index contributed by atoms with van der Waals surface area (Å²) in [6.07, 6.45) is 2.39. The van der Waals surface area contributed by atoms with Crippen LogP contribution < -0.4 is 16.6 Å². The number of rotatable bonds is 5. The summed E-state index contributed by atoms with van der Waals surface area (Å²) in [4.78, 5) is 11.7. The fourth-order valence-corrected chi connectivity index (χ4v) is 2.36. The molecule has 0 radical (unpaired) electrons. The van der Waals surface area contributed by atoms with Crippen molar-refractivity contribution in [1.82, 2.24) is 9.78 Å². The van der Waals surface area contributed by atoms with Gasteiger partial charge >= 0.3 is 0 Å². The van der Waals surface area contributed by atoms with Crippen LogP contribution in [-0.4, -0.2) is 16.3 Å². The van der Waals surface area contributed by atoms with E-state index in [0.717, 1.165) is 12.0 Å². The molecule has 2 rings (SSSR count). The molecule has 6 heteroatoms. The van der Waals surface area contributed by atoms with Crippen molar-refractivity contribution in [3.8, 4) is 0 Å². The predicted octanol–water partition coefficient (Wildman–Crippen LogP) is 2.04. The third kappa shape index (κ3) is 3.46. The number of hydrogen-bond donors (Lipinski definition) is 2. The Morgan fingerprint density at radius 2 is 2.10 bits per heavy atom. The molecule has 106 valence electrons. The Hall–Kier alpha value is -1.66. The number of nitrogens with two attached hydrogens (primary N) is 1. The van der Waals surface area contributed by atoms with Crippen molar-refractivity contribution in [1.29, 1.82) is 0 Å². The van der Waals surface area contributed by atoms with Crippen LogP contribution in [0.1, 0.15) is 18.0 Å². The van der Waals surface area contributed by atoms with Gasteiger partial charge in [-0.2, -0.15) is 5.10 Å². The van der Waals surface area contributed by atoms with Gasteiger partial charge in [0.25, 0.3) is 5.56 Å². The molecule has 20 heavy (non-hydrogen) atoms. The lowest BCUT2D eigenvalue weighted by Gasteiger charge is -2.13. The van der Waals surface area contributed by atoms with Crippen LogP contribution >= 0.6 is 15.9 Å². The van der Waals surface area contributed by atoms with Gasteiger partial charge in [-0.05, 0) is 27.9 Å². The Morgan fingerprint density at radius 1 is 1.40 bits per heavy atom. The first-order chi connectivity index (χ1) is 9.59. The molecule has 0 aliphatic rings. The summed E-state index contributed by atoms with van der Waals surface area (Å²) in [5, 5.41) is 7.15. The van der Waals surface area contributed by atoms with E-state index in [4.69, 9.17) is 5.73 Å². The number of aromatic nitrogens is 2. The van der Waals surface area contributed by atoms with Gasteiger partial charge < -0.3 is 11.1 Å². The van der Waals surface area contributed by atoms with Crippen molar-refractivity contribution in [2.24, 2.45) is 12.8 Å². The fraction of sp³-hybridized carbons (Fsp3) is 0.286. The topological polar surface area (TPSA) is 72.9 Å². The minimum absolute atomic E-state index is 0.0259. The molecule has 0 spiro atoms. The Kier molecular flexibility index (Phi) is 4.92. The number of aryl methyl sites for hydroxylation is 1. The molecule has 0 aliphatic heterocycles. The van der Waals surface area contributed by atoms with Crippen LogP contribution in [0.3, 0.4) is 0 Å². The van der Waals surface area contributed by atoms with E-state index in [2.05, 4.69) is 26.3 Å². The minimum Gasteiger partial charge on any atom is -0.383 e. The summed E-state index contributed by atoms with van der Waals surface area (Å²) in [5.74, 6) is 0. The molecule has 0 saturated carbocycles. The number of nitrogens with one attached hydrogen (secondary N) is 1. The van der Waals surface area contributed by atoms with Gasteiger partial charge in [-0.15, -0.1) is 0 Å². The quantitative estimate of drug-likeness (QED) is 0.876. The molecular weight excluding hydrogens is 320 g/mol. The number of halogens is 1. The molecule has 3 N–H and O–H groups in total. The summed E-state index contributed by atoms with van der Waals surface area (Å²) < 4.78 is 1.77. The van der Waals surface area contributed by atoms with Crippen molar-refractivity contribution in [2.75, 3.05) is 11.9 Å². The van der Waals surface area contributed by atoms with E-state index in [0.29, 0.717) is 16.7 Å². The summed E-state index contributed by atoms with van der Waals surface area (Å²) in [6, 6.07) is 9.92. The molecular formula is C14H17BrN4O. The van der Waals surface area contributed by atoms with Crippen molar-refractivity contribution >= 4 is 21.6 Å². The summed E-state index contributed by atoms with van der Waals surface area (Å²) in [5.41, 5.74) is 7.75. The lowest BCUT2D eigenvalue weighted by molar-refractivity contribution is 0.671. The van der Waals surface area contributed by atoms with E-state index in [1.54, 1.807) is 13.2 Å². The third-order valence-corrected chi connectivity index (χ3v) is 3.84. The van der Waals surface area contributed by atoms with Gasteiger partial charge in [0.15, 0.2) is 0 Å². The molecule has 0 aliphatic carbocycles. The lowest BCUT2D eigenvalue weighted by atomic mass is 10.1. The molecule has 0 saturated heterocycles.